The monoisotopic (exact) mass is 505 g/mol. The van der Waals surface area contributed by atoms with Crippen LogP contribution in [-0.2, 0) is 6.42 Å². The summed E-state index contributed by atoms with van der Waals surface area (Å²) in [5, 5.41) is 2.69. The van der Waals surface area contributed by atoms with E-state index >= 15 is 0 Å². The van der Waals surface area contributed by atoms with Crippen molar-refractivity contribution >= 4 is 39.4 Å². The fourth-order valence-corrected chi connectivity index (χ4v) is 7.41. The van der Waals surface area contributed by atoms with Gasteiger partial charge in [-0.3, -0.25) is 0 Å². The highest BCUT2D eigenvalue weighted by molar-refractivity contribution is 6.06. The van der Waals surface area contributed by atoms with E-state index in [1.807, 2.05) is 0 Å². The molecule has 0 saturated carbocycles. The molecule has 2 atom stereocenters. The maximum Gasteiger partial charge on any atom is 0.0702 e. The average molecular weight is 506 g/mol. The van der Waals surface area contributed by atoms with Crippen LogP contribution < -0.4 is 4.90 Å². The standard InChI is InChI=1S/C38H35N/c1-22(2)25-10-12-27-20-36-32(16-29(27)14-25)34-18-31(24-8-6-5-7-9-24)19-35-33-17-30-15-26(23(3)4)11-13-28(30)21-37(33)39(36)38(34)35/h5-10,12,14-23,35,38H,11,13H2,1-4H3. The first-order valence-corrected chi connectivity index (χ1v) is 14.7. The molecule has 4 aromatic rings. The fourth-order valence-electron chi connectivity index (χ4n) is 7.41. The number of hydrogen-bond donors (Lipinski definition) is 0. The van der Waals surface area contributed by atoms with E-state index < -0.39 is 0 Å². The highest BCUT2D eigenvalue weighted by Gasteiger charge is 2.48. The zero-order valence-corrected chi connectivity index (χ0v) is 23.3. The van der Waals surface area contributed by atoms with Crippen LogP contribution in [0.25, 0.3) is 28.0 Å². The molecule has 2 aliphatic carbocycles. The van der Waals surface area contributed by atoms with Crippen molar-refractivity contribution < 1.29 is 0 Å². The second kappa shape index (κ2) is 8.33. The van der Waals surface area contributed by atoms with Crippen molar-refractivity contribution in [3.8, 4) is 0 Å². The van der Waals surface area contributed by atoms with Gasteiger partial charge in [0, 0.05) is 17.2 Å². The second-order valence-electron chi connectivity index (χ2n) is 12.5. The number of anilines is 2. The lowest BCUT2D eigenvalue weighted by Crippen LogP contribution is -2.26. The quantitative estimate of drug-likeness (QED) is 0.268. The highest BCUT2D eigenvalue weighted by atomic mass is 15.2. The van der Waals surface area contributed by atoms with Gasteiger partial charge in [-0.1, -0.05) is 94.0 Å². The number of allylic oxidation sites excluding steroid dienone is 3. The van der Waals surface area contributed by atoms with Gasteiger partial charge >= 0.3 is 0 Å². The SMILES string of the molecule is CC(C)C1=Cc2cc3c(cc2CC1)N1c2cc4ccc(C(C)C)cc4cc2C2=CC(c4ccccc4)=CC3C21. The molecular formula is C38H35N. The van der Waals surface area contributed by atoms with E-state index in [0.717, 1.165) is 6.42 Å². The lowest BCUT2D eigenvalue weighted by molar-refractivity contribution is 0.709. The smallest absolute Gasteiger partial charge is 0.0702 e. The Morgan fingerprint density at radius 2 is 1.59 bits per heavy atom. The maximum absolute atomic E-state index is 2.68. The molecule has 0 N–H and O–H groups in total. The summed E-state index contributed by atoms with van der Waals surface area (Å²) >= 11 is 0. The minimum atomic E-state index is 0.334. The van der Waals surface area contributed by atoms with Crippen LogP contribution >= 0.6 is 0 Å². The first kappa shape index (κ1) is 23.1. The van der Waals surface area contributed by atoms with Crippen molar-refractivity contribution in [2.24, 2.45) is 5.92 Å². The van der Waals surface area contributed by atoms with E-state index in [0.29, 0.717) is 23.8 Å². The van der Waals surface area contributed by atoms with Gasteiger partial charge in [0.1, 0.15) is 0 Å². The summed E-state index contributed by atoms with van der Waals surface area (Å²) in [4.78, 5) is 2.68. The molecule has 4 aromatic carbocycles. The van der Waals surface area contributed by atoms with Gasteiger partial charge < -0.3 is 4.90 Å². The van der Waals surface area contributed by atoms with Crippen molar-refractivity contribution in [2.45, 2.75) is 58.4 Å². The zero-order chi connectivity index (χ0) is 26.4. The van der Waals surface area contributed by atoms with Gasteiger partial charge in [0.15, 0.2) is 0 Å². The van der Waals surface area contributed by atoms with Crippen molar-refractivity contribution in [3.63, 3.8) is 0 Å². The fraction of sp³-hybridized carbons (Fsp3) is 0.263. The van der Waals surface area contributed by atoms with Gasteiger partial charge in [0.05, 0.1) is 11.7 Å². The first-order chi connectivity index (χ1) is 19.0. The number of rotatable bonds is 3. The third-order valence-electron chi connectivity index (χ3n) is 9.60. The summed E-state index contributed by atoms with van der Waals surface area (Å²) in [6.45, 7) is 9.23. The molecule has 2 heterocycles. The number of fused-ring (bicyclic) bond motifs is 8. The molecule has 0 bridgehead atoms. The van der Waals surface area contributed by atoms with Crippen molar-refractivity contribution in [3.05, 3.63) is 124 Å². The Hall–Kier alpha value is -3.84. The van der Waals surface area contributed by atoms with Gasteiger partial charge in [-0.05, 0) is 105 Å². The molecule has 0 amide bonds. The van der Waals surface area contributed by atoms with Crippen LogP contribution in [-0.4, -0.2) is 6.04 Å². The Morgan fingerprint density at radius 1 is 0.744 bits per heavy atom. The van der Waals surface area contributed by atoms with Crippen LogP contribution in [0.4, 0.5) is 11.4 Å². The van der Waals surface area contributed by atoms with E-state index in [-0.39, 0.29) is 0 Å². The number of aryl methyl sites for hydroxylation is 1. The average Bonchev–Trinajstić information content (AvgIpc) is 3.44. The molecule has 0 saturated heterocycles. The molecule has 1 heteroatoms. The lowest BCUT2D eigenvalue weighted by Gasteiger charge is -2.26. The third kappa shape index (κ3) is 3.39. The minimum absolute atomic E-state index is 0.334. The van der Waals surface area contributed by atoms with Gasteiger partial charge in [-0.15, -0.1) is 0 Å². The second-order valence-corrected chi connectivity index (χ2v) is 12.5. The van der Waals surface area contributed by atoms with E-state index in [2.05, 4.69) is 124 Å². The summed E-state index contributed by atoms with van der Waals surface area (Å²) in [7, 11) is 0. The van der Waals surface area contributed by atoms with E-state index in [4.69, 9.17) is 0 Å². The molecule has 192 valence electrons. The Morgan fingerprint density at radius 3 is 2.38 bits per heavy atom. The Kier molecular flexibility index (Phi) is 4.93. The van der Waals surface area contributed by atoms with Crippen LogP contribution in [0.5, 0.6) is 0 Å². The topological polar surface area (TPSA) is 3.24 Å². The minimum Gasteiger partial charge on any atom is -0.332 e. The third-order valence-corrected chi connectivity index (χ3v) is 9.60. The van der Waals surface area contributed by atoms with Crippen LogP contribution in [0, 0.1) is 5.92 Å². The molecule has 8 rings (SSSR count). The first-order valence-electron chi connectivity index (χ1n) is 14.7. The molecule has 2 unspecified atom stereocenters. The largest absolute Gasteiger partial charge is 0.332 e. The van der Waals surface area contributed by atoms with Crippen molar-refractivity contribution in [1.82, 2.24) is 0 Å². The molecule has 0 radical (unpaired) electrons. The van der Waals surface area contributed by atoms with Crippen molar-refractivity contribution in [2.75, 3.05) is 4.90 Å². The number of hydrogen-bond acceptors (Lipinski definition) is 1. The summed E-state index contributed by atoms with van der Waals surface area (Å²) < 4.78 is 0. The zero-order valence-electron chi connectivity index (χ0n) is 23.3. The van der Waals surface area contributed by atoms with E-state index in [1.54, 1.807) is 5.57 Å². The number of benzene rings is 4. The summed E-state index contributed by atoms with van der Waals surface area (Å²) in [5.41, 5.74) is 15.7. The molecule has 0 aromatic heterocycles. The summed E-state index contributed by atoms with van der Waals surface area (Å²) in [6, 6.07) is 28.3. The lowest BCUT2D eigenvalue weighted by atomic mass is 9.79. The molecular weight excluding hydrogens is 470 g/mol. The van der Waals surface area contributed by atoms with E-state index in [1.165, 1.54) is 73.1 Å². The van der Waals surface area contributed by atoms with Crippen LogP contribution in [0.15, 0.2) is 90.5 Å². The van der Waals surface area contributed by atoms with Gasteiger partial charge in [0.25, 0.3) is 0 Å². The Labute approximate surface area is 232 Å². The maximum atomic E-state index is 2.68. The molecule has 0 spiro atoms. The Balaban J connectivity index is 1.37. The molecule has 0 fully saturated rings. The van der Waals surface area contributed by atoms with Crippen LogP contribution in [0.2, 0.25) is 0 Å². The number of nitrogens with zero attached hydrogens (tertiary/aromatic N) is 1. The van der Waals surface area contributed by atoms with Gasteiger partial charge in [-0.2, -0.15) is 0 Å². The van der Waals surface area contributed by atoms with E-state index in [9.17, 15) is 0 Å². The summed E-state index contributed by atoms with van der Waals surface area (Å²) in [5.74, 6) is 1.49. The van der Waals surface area contributed by atoms with Crippen molar-refractivity contribution in [1.29, 1.82) is 0 Å². The molecule has 1 nitrogen and oxygen atoms in total. The predicted molar refractivity (Wildman–Crippen MR) is 167 cm³/mol. The highest BCUT2D eigenvalue weighted by Crippen LogP contribution is 2.60. The Bertz CT molecular complexity index is 1760. The molecule has 39 heavy (non-hydrogen) atoms. The normalized spacial score (nSPS) is 20.5. The molecule has 2 aliphatic heterocycles. The van der Waals surface area contributed by atoms with Gasteiger partial charge in [0.2, 0.25) is 0 Å². The summed E-state index contributed by atoms with van der Waals surface area (Å²) in [6.07, 6.45) is 9.84. The van der Waals surface area contributed by atoms with Crippen LogP contribution in [0.1, 0.15) is 79.3 Å². The van der Waals surface area contributed by atoms with Crippen LogP contribution in [0.3, 0.4) is 0 Å². The predicted octanol–water partition coefficient (Wildman–Crippen LogP) is 10.0. The molecule has 4 aliphatic rings. The van der Waals surface area contributed by atoms with Gasteiger partial charge in [-0.25, -0.2) is 0 Å².